The summed E-state index contributed by atoms with van der Waals surface area (Å²) < 4.78 is 5.99. The average molecular weight is 312 g/mol. The molecule has 0 spiro atoms. The number of carbonyl (C=O) groups is 1. The van der Waals surface area contributed by atoms with E-state index in [9.17, 15) is 4.79 Å². The number of ether oxygens (including phenoxy) is 1. The molecular formula is C17H26ClNO2. The second kappa shape index (κ2) is 8.28. The number of carbonyl (C=O) groups excluding carboxylic acids is 1. The van der Waals surface area contributed by atoms with E-state index in [1.807, 2.05) is 25.1 Å². The number of hydrogen-bond acceptors (Lipinski definition) is 2. The minimum Gasteiger partial charge on any atom is -0.489 e. The van der Waals surface area contributed by atoms with Crippen molar-refractivity contribution < 1.29 is 9.53 Å². The Morgan fingerprint density at radius 3 is 2.62 bits per heavy atom. The van der Waals surface area contributed by atoms with Gasteiger partial charge in [0.05, 0.1) is 6.54 Å². The van der Waals surface area contributed by atoms with Crippen molar-refractivity contribution >= 4 is 17.5 Å². The van der Waals surface area contributed by atoms with Crippen molar-refractivity contribution in [3.63, 3.8) is 0 Å². The summed E-state index contributed by atoms with van der Waals surface area (Å²) >= 11 is 5.57. The number of hydrogen-bond donors (Lipinski definition) is 1. The summed E-state index contributed by atoms with van der Waals surface area (Å²) in [5.41, 5.74) is 1.20. The number of rotatable bonds is 7. The first-order valence-electron chi connectivity index (χ1n) is 7.43. The Kier molecular flexibility index (Phi) is 7.03. The lowest BCUT2D eigenvalue weighted by Gasteiger charge is -2.25. The van der Waals surface area contributed by atoms with Gasteiger partial charge >= 0.3 is 0 Å². The molecule has 21 heavy (non-hydrogen) atoms. The van der Waals surface area contributed by atoms with Crippen LogP contribution in [0.5, 0.6) is 5.75 Å². The van der Waals surface area contributed by atoms with Crippen LogP contribution in [0.15, 0.2) is 24.3 Å². The highest BCUT2D eigenvalue weighted by Gasteiger charge is 2.19. The second-order valence-corrected chi connectivity index (χ2v) is 6.65. The van der Waals surface area contributed by atoms with E-state index in [2.05, 4.69) is 32.2 Å². The highest BCUT2D eigenvalue weighted by Crippen LogP contribution is 2.31. The maximum Gasteiger partial charge on any atom is 0.220 e. The molecule has 0 heterocycles. The van der Waals surface area contributed by atoms with Gasteiger partial charge in [-0.25, -0.2) is 0 Å². The molecule has 0 saturated heterocycles. The van der Waals surface area contributed by atoms with Gasteiger partial charge in [0.15, 0.2) is 0 Å². The minimum atomic E-state index is -0.0755. The molecule has 0 aliphatic heterocycles. The number of nitrogens with one attached hydrogen (secondary N) is 1. The predicted octanol–water partition coefficient (Wildman–Crippen LogP) is 3.89. The SMILES string of the molecule is CC(CNC(=O)CCCCl)Oc1ccccc1C(C)(C)C. The summed E-state index contributed by atoms with van der Waals surface area (Å²) in [6, 6.07) is 8.05. The molecule has 0 aliphatic carbocycles. The number of alkyl halides is 1. The quantitative estimate of drug-likeness (QED) is 0.776. The van der Waals surface area contributed by atoms with Crippen molar-refractivity contribution in [2.75, 3.05) is 12.4 Å². The highest BCUT2D eigenvalue weighted by atomic mass is 35.5. The van der Waals surface area contributed by atoms with Crippen LogP contribution in [0.4, 0.5) is 0 Å². The van der Waals surface area contributed by atoms with Crippen LogP contribution in [-0.4, -0.2) is 24.4 Å². The van der Waals surface area contributed by atoms with Gasteiger partial charge in [-0.1, -0.05) is 39.0 Å². The van der Waals surface area contributed by atoms with Gasteiger partial charge in [0.1, 0.15) is 11.9 Å². The zero-order valence-electron chi connectivity index (χ0n) is 13.4. The molecule has 4 heteroatoms. The van der Waals surface area contributed by atoms with E-state index >= 15 is 0 Å². The first kappa shape index (κ1) is 17.8. The average Bonchev–Trinajstić information content (AvgIpc) is 2.42. The molecule has 1 atom stereocenters. The lowest BCUT2D eigenvalue weighted by atomic mass is 9.86. The van der Waals surface area contributed by atoms with Gasteiger partial charge in [0.2, 0.25) is 5.91 Å². The van der Waals surface area contributed by atoms with Gasteiger partial charge < -0.3 is 10.1 Å². The molecule has 118 valence electrons. The maximum absolute atomic E-state index is 11.6. The predicted molar refractivity (Wildman–Crippen MR) is 88.2 cm³/mol. The molecule has 0 saturated carbocycles. The number of benzene rings is 1. The Balaban J connectivity index is 2.56. The van der Waals surface area contributed by atoms with E-state index in [0.29, 0.717) is 25.3 Å². The van der Waals surface area contributed by atoms with Crippen molar-refractivity contribution in [3.05, 3.63) is 29.8 Å². The van der Waals surface area contributed by atoms with Crippen LogP contribution in [0.1, 0.15) is 46.1 Å². The van der Waals surface area contributed by atoms with Crippen LogP contribution in [0.25, 0.3) is 0 Å². The maximum atomic E-state index is 11.6. The van der Waals surface area contributed by atoms with Gasteiger partial charge in [0.25, 0.3) is 0 Å². The molecule has 0 aromatic heterocycles. The van der Waals surface area contributed by atoms with E-state index in [0.717, 1.165) is 5.75 Å². The Hall–Kier alpha value is -1.22. The molecule has 1 rings (SSSR count). The first-order valence-corrected chi connectivity index (χ1v) is 7.97. The highest BCUT2D eigenvalue weighted by molar-refractivity contribution is 6.17. The molecular weight excluding hydrogens is 286 g/mol. The monoisotopic (exact) mass is 311 g/mol. The van der Waals surface area contributed by atoms with Crippen molar-refractivity contribution in [2.45, 2.75) is 52.1 Å². The van der Waals surface area contributed by atoms with Gasteiger partial charge in [-0.15, -0.1) is 11.6 Å². The molecule has 1 aromatic rings. The third-order valence-electron chi connectivity index (χ3n) is 3.15. The summed E-state index contributed by atoms with van der Waals surface area (Å²) in [7, 11) is 0. The van der Waals surface area contributed by atoms with E-state index in [1.165, 1.54) is 5.56 Å². The van der Waals surface area contributed by atoms with E-state index in [-0.39, 0.29) is 17.4 Å². The Labute approximate surface area is 133 Å². The van der Waals surface area contributed by atoms with Gasteiger partial charge in [0, 0.05) is 12.3 Å². The molecule has 0 radical (unpaired) electrons. The molecule has 0 fully saturated rings. The molecule has 0 aliphatic rings. The number of halogens is 1. The number of amides is 1. The van der Waals surface area contributed by atoms with Gasteiger partial charge in [-0.3, -0.25) is 4.79 Å². The summed E-state index contributed by atoms with van der Waals surface area (Å²) in [4.78, 5) is 11.6. The van der Waals surface area contributed by atoms with Gasteiger partial charge in [-0.2, -0.15) is 0 Å². The summed E-state index contributed by atoms with van der Waals surface area (Å²) in [6.45, 7) is 8.94. The van der Waals surface area contributed by atoms with Crippen LogP contribution in [0.2, 0.25) is 0 Å². The zero-order chi connectivity index (χ0) is 15.9. The summed E-state index contributed by atoms with van der Waals surface area (Å²) in [5.74, 6) is 1.42. The smallest absolute Gasteiger partial charge is 0.220 e. The molecule has 1 aromatic carbocycles. The minimum absolute atomic E-state index is 0.0233. The third-order valence-corrected chi connectivity index (χ3v) is 3.41. The fourth-order valence-corrected chi connectivity index (χ4v) is 2.15. The molecule has 3 nitrogen and oxygen atoms in total. The van der Waals surface area contributed by atoms with Crippen molar-refractivity contribution in [3.8, 4) is 5.75 Å². The van der Waals surface area contributed by atoms with Crippen molar-refractivity contribution in [2.24, 2.45) is 0 Å². The summed E-state index contributed by atoms with van der Waals surface area (Å²) in [5, 5.41) is 2.87. The first-order chi connectivity index (χ1) is 9.84. The van der Waals surface area contributed by atoms with Crippen LogP contribution >= 0.6 is 11.6 Å². The van der Waals surface area contributed by atoms with Crippen LogP contribution < -0.4 is 10.1 Å². The van der Waals surface area contributed by atoms with Crippen LogP contribution in [0.3, 0.4) is 0 Å². The van der Waals surface area contributed by atoms with Crippen molar-refractivity contribution in [1.82, 2.24) is 5.32 Å². The lowest BCUT2D eigenvalue weighted by molar-refractivity contribution is -0.121. The summed E-state index contributed by atoms with van der Waals surface area (Å²) in [6.07, 6.45) is 1.10. The third kappa shape index (κ3) is 6.38. The Morgan fingerprint density at radius 2 is 2.00 bits per heavy atom. The standard InChI is InChI=1S/C17H26ClNO2/c1-13(12-19-16(20)10-7-11-18)21-15-9-6-5-8-14(15)17(2,3)4/h5-6,8-9,13H,7,10-12H2,1-4H3,(H,19,20). The molecule has 0 bridgehead atoms. The Bertz CT molecular complexity index is 454. The normalized spacial score (nSPS) is 12.8. The fraction of sp³-hybridized carbons (Fsp3) is 0.588. The molecule has 1 unspecified atom stereocenters. The molecule has 1 N–H and O–H groups in total. The second-order valence-electron chi connectivity index (χ2n) is 6.27. The van der Waals surface area contributed by atoms with E-state index < -0.39 is 0 Å². The largest absolute Gasteiger partial charge is 0.489 e. The molecule has 1 amide bonds. The van der Waals surface area contributed by atoms with Crippen LogP contribution in [0, 0.1) is 0 Å². The van der Waals surface area contributed by atoms with Crippen LogP contribution in [-0.2, 0) is 10.2 Å². The number of para-hydroxylation sites is 1. The topological polar surface area (TPSA) is 38.3 Å². The zero-order valence-corrected chi connectivity index (χ0v) is 14.2. The van der Waals surface area contributed by atoms with E-state index in [4.69, 9.17) is 16.3 Å². The Morgan fingerprint density at radius 1 is 1.33 bits per heavy atom. The van der Waals surface area contributed by atoms with E-state index in [1.54, 1.807) is 0 Å². The lowest BCUT2D eigenvalue weighted by Crippen LogP contribution is -2.33. The van der Waals surface area contributed by atoms with Gasteiger partial charge in [-0.05, 0) is 30.4 Å². The van der Waals surface area contributed by atoms with Crippen molar-refractivity contribution in [1.29, 1.82) is 0 Å². The fourth-order valence-electron chi connectivity index (χ4n) is 2.02.